The number of benzene rings is 3. The van der Waals surface area contributed by atoms with E-state index in [1.807, 2.05) is 55.5 Å². The van der Waals surface area contributed by atoms with Crippen LogP contribution in [0.15, 0.2) is 71.2 Å². The van der Waals surface area contributed by atoms with E-state index in [-0.39, 0.29) is 24.6 Å². The molecule has 0 unspecified atom stereocenters. The van der Waals surface area contributed by atoms with Crippen molar-refractivity contribution in [1.29, 1.82) is 0 Å². The number of nitrogens with zero attached hydrogens (tertiary/aromatic N) is 1. The van der Waals surface area contributed by atoms with Crippen LogP contribution in [-0.2, 0) is 10.2 Å². The van der Waals surface area contributed by atoms with Crippen LogP contribution in [0.3, 0.4) is 0 Å². The molecular formula is C29H26BrFN2O4. The van der Waals surface area contributed by atoms with Crippen LogP contribution in [0.1, 0.15) is 34.8 Å². The molecular weight excluding hydrogens is 539 g/mol. The number of hydrogen-bond donors (Lipinski definition) is 2. The first kappa shape index (κ1) is 26.3. The van der Waals surface area contributed by atoms with Crippen LogP contribution in [0.2, 0.25) is 0 Å². The summed E-state index contributed by atoms with van der Waals surface area (Å²) in [6.45, 7) is 3.54. The Bertz CT molecular complexity index is 1490. The Balaban J connectivity index is 1.78. The number of fused-ring (bicyclic) bond motifs is 1. The Hall–Kier alpha value is -3.78. The highest BCUT2D eigenvalue weighted by Crippen LogP contribution is 2.36. The lowest BCUT2D eigenvalue weighted by Crippen LogP contribution is -2.40. The Labute approximate surface area is 222 Å². The molecule has 3 aromatic carbocycles. The fraction of sp³-hybridized carbons (Fsp3) is 0.207. The number of nitrogens with one attached hydrogen (secondary N) is 1. The number of carboxylic acid groups (broad SMARTS) is 1. The number of halogens is 2. The molecule has 0 aliphatic rings. The summed E-state index contributed by atoms with van der Waals surface area (Å²) in [4.78, 5) is 30.4. The molecule has 0 spiro atoms. The smallest absolute Gasteiger partial charge is 0.304 e. The van der Waals surface area contributed by atoms with Crippen LogP contribution in [0, 0.1) is 12.7 Å². The zero-order chi connectivity index (χ0) is 26.7. The van der Waals surface area contributed by atoms with Gasteiger partial charge in [0.05, 0.1) is 30.3 Å². The molecule has 190 valence electrons. The molecule has 37 heavy (non-hydrogen) atoms. The van der Waals surface area contributed by atoms with Crippen molar-refractivity contribution in [3.63, 3.8) is 0 Å². The molecule has 2 N–H and O–H groups in total. The van der Waals surface area contributed by atoms with Crippen LogP contribution in [0.4, 0.5) is 4.39 Å². The molecule has 1 atom stereocenters. The van der Waals surface area contributed by atoms with E-state index in [9.17, 15) is 19.1 Å². The van der Waals surface area contributed by atoms with Crippen molar-refractivity contribution in [3.05, 3.63) is 93.7 Å². The van der Waals surface area contributed by atoms with Crippen LogP contribution >= 0.6 is 15.9 Å². The molecule has 0 radical (unpaired) electrons. The average molecular weight is 565 g/mol. The number of aliphatic carboxylic acids is 1. The number of amides is 1. The highest BCUT2D eigenvalue weighted by Gasteiger charge is 2.34. The Morgan fingerprint density at radius 1 is 1.11 bits per heavy atom. The summed E-state index contributed by atoms with van der Waals surface area (Å²) < 4.78 is 20.0. The van der Waals surface area contributed by atoms with Gasteiger partial charge in [0.15, 0.2) is 0 Å². The normalized spacial score (nSPS) is 12.7. The third-order valence-corrected chi connectivity index (χ3v) is 6.95. The van der Waals surface area contributed by atoms with Gasteiger partial charge in [0.25, 0.3) is 5.91 Å². The monoisotopic (exact) mass is 564 g/mol. The summed E-state index contributed by atoms with van der Waals surface area (Å²) in [5, 5.41) is 13.3. The summed E-state index contributed by atoms with van der Waals surface area (Å²) in [5.74, 6) is -1.69. The molecule has 4 aromatic rings. The van der Waals surface area contributed by atoms with Gasteiger partial charge < -0.3 is 15.2 Å². The van der Waals surface area contributed by atoms with Crippen molar-refractivity contribution in [2.45, 2.75) is 25.7 Å². The van der Waals surface area contributed by atoms with E-state index in [1.165, 1.54) is 25.3 Å². The van der Waals surface area contributed by atoms with E-state index < -0.39 is 17.2 Å². The number of methoxy groups -OCH3 is 1. The third kappa shape index (κ3) is 5.49. The van der Waals surface area contributed by atoms with Crippen molar-refractivity contribution in [2.75, 3.05) is 13.7 Å². The summed E-state index contributed by atoms with van der Waals surface area (Å²) >= 11 is 3.48. The van der Waals surface area contributed by atoms with Crippen molar-refractivity contribution in [3.8, 4) is 17.0 Å². The summed E-state index contributed by atoms with van der Waals surface area (Å²) in [7, 11) is 1.40. The molecule has 1 aromatic heterocycles. The van der Waals surface area contributed by atoms with Crippen LogP contribution in [0.5, 0.6) is 5.75 Å². The standard InChI is InChI=1S/C29H26BrFN2O4/c1-17-26(21-13-19(30)9-12-23(21)33-27(17)18-7-5-4-6-8-18)28(36)32-16-29(2,15-25(34)35)22-11-10-20(31)14-24(22)37-3/h4-14H,15-16H2,1-3H3,(H,32,36)(H,34,35)/t29-/m0/s1. The summed E-state index contributed by atoms with van der Waals surface area (Å²) in [5.41, 5.74) is 2.80. The first-order valence-corrected chi connectivity index (χ1v) is 12.4. The van der Waals surface area contributed by atoms with Crippen molar-refractivity contribution < 1.29 is 23.8 Å². The van der Waals surface area contributed by atoms with Gasteiger partial charge in [0.1, 0.15) is 11.6 Å². The highest BCUT2D eigenvalue weighted by molar-refractivity contribution is 9.10. The lowest BCUT2D eigenvalue weighted by Gasteiger charge is -2.30. The number of rotatable bonds is 8. The lowest BCUT2D eigenvalue weighted by molar-refractivity contribution is -0.138. The number of pyridine rings is 1. The SMILES string of the molecule is COc1cc(F)ccc1[C@](C)(CNC(=O)c1c(C)c(-c2ccccc2)nc2ccc(Br)cc12)CC(=O)O. The van der Waals surface area contributed by atoms with Gasteiger partial charge in [0, 0.05) is 39.0 Å². The number of aromatic nitrogens is 1. The van der Waals surface area contributed by atoms with Gasteiger partial charge in [-0.05, 0) is 36.8 Å². The fourth-order valence-corrected chi connectivity index (χ4v) is 4.98. The van der Waals surface area contributed by atoms with E-state index in [4.69, 9.17) is 9.72 Å². The second-order valence-electron chi connectivity index (χ2n) is 9.15. The quantitative estimate of drug-likeness (QED) is 0.263. The van der Waals surface area contributed by atoms with Gasteiger partial charge in [-0.2, -0.15) is 0 Å². The zero-order valence-corrected chi connectivity index (χ0v) is 22.2. The predicted octanol–water partition coefficient (Wildman–Crippen LogP) is 6.28. The van der Waals surface area contributed by atoms with Crippen molar-refractivity contribution in [1.82, 2.24) is 10.3 Å². The zero-order valence-electron chi connectivity index (χ0n) is 20.6. The van der Waals surface area contributed by atoms with Crippen LogP contribution < -0.4 is 10.1 Å². The molecule has 0 bridgehead atoms. The van der Waals surface area contributed by atoms with Gasteiger partial charge in [-0.3, -0.25) is 9.59 Å². The Morgan fingerprint density at radius 2 is 1.84 bits per heavy atom. The minimum absolute atomic E-state index is 0.0158. The first-order chi connectivity index (χ1) is 17.6. The molecule has 1 amide bonds. The fourth-order valence-electron chi connectivity index (χ4n) is 4.61. The molecule has 0 fully saturated rings. The highest BCUT2D eigenvalue weighted by atomic mass is 79.9. The number of carbonyl (C=O) groups is 2. The molecule has 1 heterocycles. The van der Waals surface area contributed by atoms with E-state index in [0.29, 0.717) is 33.3 Å². The van der Waals surface area contributed by atoms with Gasteiger partial charge >= 0.3 is 5.97 Å². The maximum Gasteiger partial charge on any atom is 0.304 e. The third-order valence-electron chi connectivity index (χ3n) is 6.46. The van der Waals surface area contributed by atoms with Gasteiger partial charge in [-0.1, -0.05) is 59.3 Å². The maximum atomic E-state index is 13.8. The molecule has 4 rings (SSSR count). The Morgan fingerprint density at radius 3 is 2.51 bits per heavy atom. The average Bonchev–Trinajstić information content (AvgIpc) is 2.87. The molecule has 0 aliphatic heterocycles. The van der Waals surface area contributed by atoms with Crippen molar-refractivity contribution in [2.24, 2.45) is 0 Å². The van der Waals surface area contributed by atoms with Crippen LogP contribution in [0.25, 0.3) is 22.2 Å². The second-order valence-corrected chi connectivity index (χ2v) is 10.1. The van der Waals surface area contributed by atoms with Crippen LogP contribution in [-0.4, -0.2) is 35.6 Å². The second kappa shape index (κ2) is 10.7. The number of hydrogen-bond acceptors (Lipinski definition) is 4. The van der Waals surface area contributed by atoms with Gasteiger partial charge in [-0.15, -0.1) is 0 Å². The maximum absolute atomic E-state index is 13.8. The number of carbonyl (C=O) groups excluding carboxylic acids is 1. The molecule has 6 nitrogen and oxygen atoms in total. The molecule has 0 aliphatic carbocycles. The summed E-state index contributed by atoms with van der Waals surface area (Å²) in [6, 6.07) is 19.1. The first-order valence-electron chi connectivity index (χ1n) is 11.6. The Kier molecular flexibility index (Phi) is 7.59. The number of carboxylic acids is 1. The van der Waals surface area contributed by atoms with E-state index in [1.54, 1.807) is 6.92 Å². The van der Waals surface area contributed by atoms with E-state index in [0.717, 1.165) is 10.0 Å². The minimum Gasteiger partial charge on any atom is -0.496 e. The van der Waals surface area contributed by atoms with E-state index >= 15 is 0 Å². The van der Waals surface area contributed by atoms with Gasteiger partial charge in [-0.25, -0.2) is 9.37 Å². The molecule has 0 saturated heterocycles. The lowest BCUT2D eigenvalue weighted by atomic mass is 9.78. The minimum atomic E-state index is -1.07. The number of ether oxygens (including phenoxy) is 1. The van der Waals surface area contributed by atoms with E-state index in [2.05, 4.69) is 21.2 Å². The van der Waals surface area contributed by atoms with Gasteiger partial charge in [0.2, 0.25) is 0 Å². The predicted molar refractivity (Wildman–Crippen MR) is 145 cm³/mol. The summed E-state index contributed by atoms with van der Waals surface area (Å²) in [6.07, 6.45) is -0.299. The topological polar surface area (TPSA) is 88.5 Å². The largest absolute Gasteiger partial charge is 0.496 e. The molecule has 8 heteroatoms. The van der Waals surface area contributed by atoms with Crippen molar-refractivity contribution >= 4 is 38.7 Å². The molecule has 0 saturated carbocycles.